The summed E-state index contributed by atoms with van der Waals surface area (Å²) >= 11 is 0. The van der Waals surface area contributed by atoms with Crippen LogP contribution in [0.4, 0.5) is 0 Å². The third-order valence-corrected chi connectivity index (χ3v) is 10.2. The number of likely N-dealkylation sites (tertiary alicyclic amines) is 1. The van der Waals surface area contributed by atoms with Crippen LogP contribution in [0, 0.1) is 0 Å². The van der Waals surface area contributed by atoms with Gasteiger partial charge < -0.3 is 18.8 Å². The normalized spacial score (nSPS) is 17.5. The molecule has 0 saturated carbocycles. The first-order valence-electron chi connectivity index (χ1n) is 17.4. The highest BCUT2D eigenvalue weighted by molar-refractivity contribution is 6.23. The molecule has 0 aliphatic carbocycles. The molecule has 8 rings (SSSR count). The van der Waals surface area contributed by atoms with Crippen molar-refractivity contribution in [2.75, 3.05) is 33.9 Å². The fraction of sp³-hybridized carbons (Fsp3) is 0.316. The second-order valence-electron chi connectivity index (χ2n) is 13.5. The van der Waals surface area contributed by atoms with Crippen molar-refractivity contribution in [1.82, 2.24) is 39.7 Å². The van der Waals surface area contributed by atoms with Gasteiger partial charge >= 0.3 is 0 Å². The van der Waals surface area contributed by atoms with Gasteiger partial charge in [-0.3, -0.25) is 44.1 Å². The molecule has 1 N–H and O–H groups in total. The highest BCUT2D eigenvalue weighted by Gasteiger charge is 2.44. The van der Waals surface area contributed by atoms with Crippen LogP contribution in [0.15, 0.2) is 66.0 Å². The molecule has 3 aliphatic rings. The number of ether oxygens (including phenoxy) is 3. The molecule has 1 unspecified atom stereocenters. The lowest BCUT2D eigenvalue weighted by Gasteiger charge is -2.39. The van der Waals surface area contributed by atoms with Gasteiger partial charge in [-0.2, -0.15) is 0 Å². The molecule has 6 heterocycles. The molecule has 5 aromatic rings. The van der Waals surface area contributed by atoms with Crippen LogP contribution in [0.1, 0.15) is 50.9 Å². The number of aromatic nitrogens is 5. The van der Waals surface area contributed by atoms with Crippen molar-refractivity contribution in [2.45, 2.75) is 37.9 Å². The summed E-state index contributed by atoms with van der Waals surface area (Å²) in [4.78, 5) is 70.1. The number of pyridine rings is 2. The standard InChI is InChI=1S/C38H36N8O8/c1-43-19-29(25-8-10-39-15-28(25)36(43)49)21-12-32(52-2)30(33(13-21)53-3)20-44-17-23(18-44)45-16-22(41-42-45)9-11-54-24-4-5-26-27(14-24)38(51)46(37(26)50)31-6-7-34(47)40-35(31)48/h4-5,8,10,12-16,19,23,31H,6-7,9,11,17-18,20H2,1-3H3,(H,40,47,48). The van der Waals surface area contributed by atoms with E-state index in [9.17, 15) is 24.0 Å². The Bertz CT molecular complexity index is 2390. The summed E-state index contributed by atoms with van der Waals surface area (Å²) < 4.78 is 21.0. The summed E-state index contributed by atoms with van der Waals surface area (Å²) in [5, 5.41) is 12.2. The minimum Gasteiger partial charge on any atom is -0.496 e. The number of amides is 4. The molecule has 276 valence electrons. The number of hydrogen-bond acceptors (Lipinski definition) is 12. The maximum atomic E-state index is 13.1. The Hall–Kier alpha value is -6.42. The van der Waals surface area contributed by atoms with E-state index in [1.165, 1.54) is 12.1 Å². The van der Waals surface area contributed by atoms with Crippen LogP contribution in [0.2, 0.25) is 0 Å². The number of methoxy groups -OCH3 is 2. The van der Waals surface area contributed by atoms with Gasteiger partial charge in [0.25, 0.3) is 17.4 Å². The average molecular weight is 733 g/mol. The van der Waals surface area contributed by atoms with E-state index in [2.05, 4.69) is 25.5 Å². The van der Waals surface area contributed by atoms with Gasteiger partial charge in [0.1, 0.15) is 23.3 Å². The van der Waals surface area contributed by atoms with Crippen molar-refractivity contribution >= 4 is 34.4 Å². The first-order chi connectivity index (χ1) is 26.1. The van der Waals surface area contributed by atoms with Gasteiger partial charge in [-0.05, 0) is 53.8 Å². The molecule has 0 spiro atoms. The van der Waals surface area contributed by atoms with Crippen LogP contribution in [-0.4, -0.2) is 97.9 Å². The van der Waals surface area contributed by atoms with Crippen molar-refractivity contribution in [1.29, 1.82) is 0 Å². The van der Waals surface area contributed by atoms with E-state index >= 15 is 0 Å². The zero-order valence-corrected chi connectivity index (χ0v) is 29.8. The van der Waals surface area contributed by atoms with Gasteiger partial charge in [0.2, 0.25) is 11.8 Å². The highest BCUT2D eigenvalue weighted by Crippen LogP contribution is 2.39. The number of piperidine rings is 1. The summed E-state index contributed by atoms with van der Waals surface area (Å²) in [6, 6.07) is 9.51. The lowest BCUT2D eigenvalue weighted by molar-refractivity contribution is -0.136. The SMILES string of the molecule is COc1cc(-c2cn(C)c(=O)c3cnccc23)cc(OC)c1CN1CC(n2cc(CCOc3ccc4c(c3)C(=O)N(C3CCC(=O)NC3=O)C4=O)nn2)C1. The molecule has 0 bridgehead atoms. The van der Waals surface area contributed by atoms with Gasteiger partial charge in [0.15, 0.2) is 0 Å². The van der Waals surface area contributed by atoms with E-state index in [-0.39, 0.29) is 42.2 Å². The second-order valence-corrected chi connectivity index (χ2v) is 13.5. The van der Waals surface area contributed by atoms with E-state index < -0.39 is 29.7 Å². The van der Waals surface area contributed by atoms with Gasteiger partial charge in [-0.1, -0.05) is 5.21 Å². The Kier molecular flexibility index (Phi) is 8.89. The number of hydrogen-bond donors (Lipinski definition) is 1. The van der Waals surface area contributed by atoms with Gasteiger partial charge in [-0.15, -0.1) is 5.10 Å². The van der Waals surface area contributed by atoms with Crippen LogP contribution >= 0.6 is 0 Å². The molecule has 0 radical (unpaired) electrons. The number of carbonyl (C=O) groups is 4. The zero-order valence-electron chi connectivity index (χ0n) is 29.8. The third kappa shape index (κ3) is 6.13. The summed E-state index contributed by atoms with van der Waals surface area (Å²) in [6.45, 7) is 2.33. The minimum absolute atomic E-state index is 0.0547. The lowest BCUT2D eigenvalue weighted by atomic mass is 9.98. The second kappa shape index (κ2) is 13.9. The molecule has 16 heteroatoms. The zero-order chi connectivity index (χ0) is 37.7. The van der Waals surface area contributed by atoms with E-state index in [0.29, 0.717) is 35.6 Å². The molecule has 2 saturated heterocycles. The monoisotopic (exact) mass is 732 g/mol. The number of nitrogens with zero attached hydrogens (tertiary/aromatic N) is 7. The summed E-state index contributed by atoms with van der Waals surface area (Å²) in [6.07, 6.45) is 7.58. The smallest absolute Gasteiger partial charge is 0.262 e. The first-order valence-corrected chi connectivity index (χ1v) is 17.4. The molecule has 2 fully saturated rings. The first kappa shape index (κ1) is 34.7. The predicted molar refractivity (Wildman–Crippen MR) is 192 cm³/mol. The van der Waals surface area contributed by atoms with E-state index in [0.717, 1.165) is 45.8 Å². The number of nitrogens with one attached hydrogen (secondary N) is 1. The number of fused-ring (bicyclic) bond motifs is 2. The molecule has 3 aromatic heterocycles. The molecular weight excluding hydrogens is 696 g/mol. The Morgan fingerprint density at radius 3 is 2.39 bits per heavy atom. The van der Waals surface area contributed by atoms with Crippen LogP contribution in [-0.2, 0) is 29.6 Å². The lowest BCUT2D eigenvalue weighted by Crippen LogP contribution is -2.54. The maximum absolute atomic E-state index is 13.1. The molecule has 16 nitrogen and oxygen atoms in total. The topological polar surface area (TPSA) is 180 Å². The molecule has 1 atom stereocenters. The van der Waals surface area contributed by atoms with Crippen LogP contribution < -0.4 is 25.1 Å². The number of rotatable bonds is 11. The third-order valence-electron chi connectivity index (χ3n) is 10.2. The molecular formula is C38H36N8O8. The largest absolute Gasteiger partial charge is 0.496 e. The Labute approximate surface area is 308 Å². The van der Waals surface area contributed by atoms with Gasteiger partial charge in [0.05, 0.1) is 54.6 Å². The fourth-order valence-electron chi connectivity index (χ4n) is 7.32. The summed E-state index contributed by atoms with van der Waals surface area (Å²) in [7, 11) is 4.99. The van der Waals surface area contributed by atoms with Crippen molar-refractivity contribution in [2.24, 2.45) is 7.05 Å². The number of imide groups is 2. The van der Waals surface area contributed by atoms with Crippen molar-refractivity contribution in [3.05, 3.63) is 93.9 Å². The van der Waals surface area contributed by atoms with Gasteiger partial charge in [-0.25, -0.2) is 4.68 Å². The number of carbonyl (C=O) groups excluding carboxylic acids is 4. The number of benzene rings is 2. The number of aryl methyl sites for hydroxylation is 1. The summed E-state index contributed by atoms with van der Waals surface area (Å²) in [5.41, 5.74) is 3.61. The van der Waals surface area contributed by atoms with Crippen LogP contribution in [0.25, 0.3) is 21.9 Å². The Morgan fingerprint density at radius 2 is 1.65 bits per heavy atom. The quantitative estimate of drug-likeness (QED) is 0.196. The maximum Gasteiger partial charge on any atom is 0.262 e. The van der Waals surface area contributed by atoms with Crippen LogP contribution in [0.3, 0.4) is 0 Å². The van der Waals surface area contributed by atoms with E-state index in [1.807, 2.05) is 35.3 Å². The Balaban J connectivity index is 0.878. The molecule has 3 aliphatic heterocycles. The van der Waals surface area contributed by atoms with Crippen molar-refractivity contribution in [3.8, 4) is 28.4 Å². The molecule has 4 amide bonds. The highest BCUT2D eigenvalue weighted by atomic mass is 16.5. The van der Waals surface area contributed by atoms with Gasteiger partial charge in [0, 0.05) is 69.9 Å². The average Bonchev–Trinajstić information content (AvgIpc) is 3.72. The van der Waals surface area contributed by atoms with Crippen LogP contribution in [0.5, 0.6) is 17.2 Å². The van der Waals surface area contributed by atoms with Crippen molar-refractivity contribution in [3.63, 3.8) is 0 Å². The minimum atomic E-state index is -1.03. The summed E-state index contributed by atoms with van der Waals surface area (Å²) in [5.74, 6) is -0.473. The predicted octanol–water partition coefficient (Wildman–Crippen LogP) is 2.29. The fourth-order valence-corrected chi connectivity index (χ4v) is 7.32. The van der Waals surface area contributed by atoms with E-state index in [4.69, 9.17) is 14.2 Å². The Morgan fingerprint density at radius 1 is 0.889 bits per heavy atom. The van der Waals surface area contributed by atoms with E-state index in [1.54, 1.807) is 44.3 Å². The molecule has 2 aromatic carbocycles. The van der Waals surface area contributed by atoms with Crippen molar-refractivity contribution < 1.29 is 33.4 Å². The molecule has 54 heavy (non-hydrogen) atoms.